The van der Waals surface area contributed by atoms with Gasteiger partial charge in [0.2, 0.25) is 0 Å². The molecule has 1 aromatic carbocycles. The molecule has 2 aromatic rings. The third-order valence-corrected chi connectivity index (χ3v) is 3.44. The fourth-order valence-corrected chi connectivity index (χ4v) is 2.35. The largest absolute Gasteiger partial charge is 0.416 e. The first-order valence-corrected chi connectivity index (χ1v) is 6.51. The summed E-state index contributed by atoms with van der Waals surface area (Å²) in [5.74, 6) is 0.406. The molecule has 2 heterocycles. The highest BCUT2D eigenvalue weighted by atomic mass is 19.4. The molecule has 0 fully saturated rings. The zero-order valence-electron chi connectivity index (χ0n) is 10.9. The molecule has 0 spiro atoms. The predicted octanol–water partition coefficient (Wildman–Crippen LogP) is 4.59. The fourth-order valence-electron chi connectivity index (χ4n) is 2.35. The van der Waals surface area contributed by atoms with Crippen molar-refractivity contribution >= 4 is 5.82 Å². The summed E-state index contributed by atoms with van der Waals surface area (Å²) in [6, 6.07) is 8.08. The molecule has 1 N–H and O–H groups in total. The Labute approximate surface area is 118 Å². The summed E-state index contributed by atoms with van der Waals surface area (Å²) in [5, 5.41) is 2.97. The van der Waals surface area contributed by atoms with Crippen LogP contribution >= 0.6 is 0 Å². The monoisotopic (exact) mass is 296 g/mol. The number of aromatic nitrogens is 1. The molecular weight excluding hydrogens is 284 g/mol. The Morgan fingerprint density at radius 1 is 1.14 bits per heavy atom. The number of nitrogens with zero attached hydrogens (tertiary/aromatic N) is 1. The lowest BCUT2D eigenvalue weighted by Crippen LogP contribution is -2.15. The first-order valence-electron chi connectivity index (χ1n) is 6.51. The van der Waals surface area contributed by atoms with Crippen molar-refractivity contribution in [3.8, 4) is 11.3 Å². The van der Waals surface area contributed by atoms with Crippen LogP contribution in [0.25, 0.3) is 11.3 Å². The van der Waals surface area contributed by atoms with Crippen LogP contribution in [-0.2, 0) is 6.18 Å². The maximum atomic E-state index is 13.7. The molecule has 1 aromatic heterocycles. The van der Waals surface area contributed by atoms with Crippen molar-refractivity contribution in [1.82, 2.24) is 4.98 Å². The smallest absolute Gasteiger partial charge is 0.370 e. The van der Waals surface area contributed by atoms with E-state index >= 15 is 0 Å². The minimum Gasteiger partial charge on any atom is -0.370 e. The number of alkyl halides is 4. The number of rotatable bonds is 1. The van der Waals surface area contributed by atoms with E-state index in [9.17, 15) is 17.6 Å². The number of hydrogen-bond acceptors (Lipinski definition) is 2. The summed E-state index contributed by atoms with van der Waals surface area (Å²) in [6.45, 7) is 0.465. The van der Waals surface area contributed by atoms with Crippen LogP contribution in [-0.4, -0.2) is 11.5 Å². The lowest BCUT2D eigenvalue weighted by molar-refractivity contribution is -0.137. The molecule has 0 aliphatic carbocycles. The van der Waals surface area contributed by atoms with E-state index in [-0.39, 0.29) is 0 Å². The quantitative estimate of drug-likeness (QED) is 0.778. The Balaban J connectivity index is 2.02. The highest BCUT2D eigenvalue weighted by Crippen LogP contribution is 2.35. The van der Waals surface area contributed by atoms with E-state index in [0.29, 0.717) is 35.6 Å². The molecular formula is C15H12F4N2. The molecule has 1 aliphatic heterocycles. The van der Waals surface area contributed by atoms with Crippen LogP contribution in [0, 0.1) is 0 Å². The van der Waals surface area contributed by atoms with Crippen molar-refractivity contribution in [3.63, 3.8) is 0 Å². The Kier molecular flexibility index (Phi) is 3.31. The van der Waals surface area contributed by atoms with E-state index in [2.05, 4.69) is 10.3 Å². The molecule has 3 rings (SSSR count). The van der Waals surface area contributed by atoms with E-state index in [0.717, 1.165) is 12.1 Å². The van der Waals surface area contributed by atoms with Gasteiger partial charge in [-0.25, -0.2) is 9.37 Å². The van der Waals surface area contributed by atoms with Crippen LogP contribution in [0.3, 0.4) is 0 Å². The van der Waals surface area contributed by atoms with E-state index < -0.39 is 17.9 Å². The van der Waals surface area contributed by atoms with Crippen LogP contribution in [0.1, 0.15) is 23.7 Å². The van der Waals surface area contributed by atoms with Gasteiger partial charge in [0, 0.05) is 24.1 Å². The van der Waals surface area contributed by atoms with Gasteiger partial charge >= 0.3 is 6.18 Å². The molecule has 1 atom stereocenters. The van der Waals surface area contributed by atoms with E-state index in [1.165, 1.54) is 6.07 Å². The summed E-state index contributed by atoms with van der Waals surface area (Å²) >= 11 is 0. The maximum absolute atomic E-state index is 13.7. The number of benzene rings is 1. The minimum atomic E-state index is -4.40. The average Bonchev–Trinajstić information content (AvgIpc) is 2.46. The summed E-state index contributed by atoms with van der Waals surface area (Å²) in [7, 11) is 0. The zero-order chi connectivity index (χ0) is 15.0. The maximum Gasteiger partial charge on any atom is 0.416 e. The normalized spacial score (nSPS) is 18.0. The lowest BCUT2D eigenvalue weighted by atomic mass is 10.0. The van der Waals surface area contributed by atoms with Crippen LogP contribution in [0.15, 0.2) is 36.4 Å². The molecule has 110 valence electrons. The molecule has 1 unspecified atom stereocenters. The highest BCUT2D eigenvalue weighted by molar-refractivity contribution is 5.64. The van der Waals surface area contributed by atoms with Crippen molar-refractivity contribution in [2.75, 3.05) is 11.9 Å². The second-order valence-electron chi connectivity index (χ2n) is 4.90. The van der Waals surface area contributed by atoms with Crippen molar-refractivity contribution in [2.24, 2.45) is 0 Å². The van der Waals surface area contributed by atoms with Crippen molar-refractivity contribution < 1.29 is 17.6 Å². The third-order valence-electron chi connectivity index (χ3n) is 3.44. The van der Waals surface area contributed by atoms with E-state index in [1.54, 1.807) is 18.2 Å². The van der Waals surface area contributed by atoms with Gasteiger partial charge in [0.05, 0.1) is 11.3 Å². The molecule has 0 saturated heterocycles. The summed E-state index contributed by atoms with van der Waals surface area (Å²) < 4.78 is 51.9. The van der Waals surface area contributed by atoms with Gasteiger partial charge in [-0.15, -0.1) is 0 Å². The lowest BCUT2D eigenvalue weighted by Gasteiger charge is -2.21. The van der Waals surface area contributed by atoms with Crippen LogP contribution < -0.4 is 5.32 Å². The Morgan fingerprint density at radius 2 is 1.95 bits per heavy atom. The average molecular weight is 296 g/mol. The number of pyridine rings is 1. The summed E-state index contributed by atoms with van der Waals surface area (Å²) in [4.78, 5) is 4.24. The van der Waals surface area contributed by atoms with Gasteiger partial charge in [-0.2, -0.15) is 13.2 Å². The van der Waals surface area contributed by atoms with Gasteiger partial charge in [0.1, 0.15) is 12.0 Å². The number of fused-ring (bicyclic) bond motifs is 1. The Bertz CT molecular complexity index is 667. The minimum absolute atomic E-state index is 0.357. The molecule has 0 saturated carbocycles. The van der Waals surface area contributed by atoms with Gasteiger partial charge in [-0.3, -0.25) is 0 Å². The van der Waals surface area contributed by atoms with Crippen LogP contribution in [0.4, 0.5) is 23.4 Å². The SMILES string of the molecule is FC1CCNc2nc(-c3cccc(C(F)(F)F)c3)ccc21. The van der Waals surface area contributed by atoms with Gasteiger partial charge in [0.25, 0.3) is 0 Å². The number of nitrogens with one attached hydrogen (secondary N) is 1. The highest BCUT2D eigenvalue weighted by Gasteiger charge is 2.30. The summed E-state index contributed by atoms with van der Waals surface area (Å²) in [6.07, 6.45) is -5.10. The van der Waals surface area contributed by atoms with Gasteiger partial charge in [0.15, 0.2) is 0 Å². The third kappa shape index (κ3) is 2.70. The molecule has 2 nitrogen and oxygen atoms in total. The summed E-state index contributed by atoms with van der Waals surface area (Å²) in [5.41, 5.74) is 0.477. The second kappa shape index (κ2) is 5.02. The van der Waals surface area contributed by atoms with Gasteiger partial charge in [-0.1, -0.05) is 18.2 Å². The predicted molar refractivity (Wildman–Crippen MR) is 71.6 cm³/mol. The molecule has 0 radical (unpaired) electrons. The number of anilines is 1. The zero-order valence-corrected chi connectivity index (χ0v) is 10.9. The molecule has 0 amide bonds. The fraction of sp³-hybridized carbons (Fsp3) is 0.267. The van der Waals surface area contributed by atoms with Crippen LogP contribution in [0.2, 0.25) is 0 Å². The first kappa shape index (κ1) is 13.9. The molecule has 6 heteroatoms. The molecule has 1 aliphatic rings. The van der Waals surface area contributed by atoms with Crippen molar-refractivity contribution in [1.29, 1.82) is 0 Å². The van der Waals surface area contributed by atoms with Crippen LogP contribution in [0.5, 0.6) is 0 Å². The first-order chi connectivity index (χ1) is 9.95. The van der Waals surface area contributed by atoms with Crippen molar-refractivity contribution in [3.05, 3.63) is 47.5 Å². The molecule has 21 heavy (non-hydrogen) atoms. The van der Waals surface area contributed by atoms with E-state index in [4.69, 9.17) is 0 Å². The van der Waals surface area contributed by atoms with Gasteiger partial charge < -0.3 is 5.32 Å². The number of hydrogen-bond donors (Lipinski definition) is 1. The second-order valence-corrected chi connectivity index (χ2v) is 4.90. The topological polar surface area (TPSA) is 24.9 Å². The van der Waals surface area contributed by atoms with Gasteiger partial charge in [-0.05, 0) is 18.2 Å². The standard InChI is InChI=1S/C15H12F4N2/c16-12-6-7-20-14-11(12)4-5-13(21-14)9-2-1-3-10(8-9)15(17,18)19/h1-5,8,12H,6-7H2,(H,20,21). The Hall–Kier alpha value is -2.11. The van der Waals surface area contributed by atoms with E-state index in [1.807, 2.05) is 0 Å². The number of halogens is 4. The molecule has 0 bridgehead atoms. The Morgan fingerprint density at radius 3 is 2.71 bits per heavy atom. The van der Waals surface area contributed by atoms with Crippen molar-refractivity contribution in [2.45, 2.75) is 18.8 Å².